The first-order valence-electron chi connectivity index (χ1n) is 5.21. The third kappa shape index (κ3) is 1.99. The van der Waals surface area contributed by atoms with Gasteiger partial charge in [-0.15, -0.1) is 0 Å². The molecule has 2 aromatic rings. The molecule has 2 rings (SSSR count). The van der Waals surface area contributed by atoms with Crippen LogP contribution in [0, 0.1) is 6.92 Å². The summed E-state index contributed by atoms with van der Waals surface area (Å²) >= 11 is 0. The summed E-state index contributed by atoms with van der Waals surface area (Å²) in [5.41, 5.74) is 4.28. The van der Waals surface area contributed by atoms with E-state index >= 15 is 0 Å². The Labute approximate surface area is 90.4 Å². The topological polar surface area (TPSA) is 25.8 Å². The van der Waals surface area contributed by atoms with E-state index in [9.17, 15) is 0 Å². The minimum absolute atomic E-state index is 0.0616. The fourth-order valence-electron chi connectivity index (χ4n) is 1.48. The molecule has 1 aromatic carbocycles. The SMILES string of the molecule is Cc1ccc2nc(C(C)(C)C)cnc2c1. The van der Waals surface area contributed by atoms with Crippen molar-refractivity contribution in [2.45, 2.75) is 33.1 Å². The zero-order valence-electron chi connectivity index (χ0n) is 9.70. The van der Waals surface area contributed by atoms with Crippen molar-refractivity contribution < 1.29 is 0 Å². The van der Waals surface area contributed by atoms with E-state index in [0.29, 0.717) is 0 Å². The molecule has 0 bridgehead atoms. The standard InChI is InChI=1S/C13H16N2/c1-9-5-6-10-11(7-9)14-8-12(15-10)13(2,3)4/h5-8H,1-4H3. The van der Waals surface area contributed by atoms with Crippen molar-refractivity contribution in [3.63, 3.8) is 0 Å². The van der Waals surface area contributed by atoms with Crippen molar-refractivity contribution in [1.82, 2.24) is 9.97 Å². The average Bonchev–Trinajstić information content (AvgIpc) is 2.15. The Hall–Kier alpha value is -1.44. The van der Waals surface area contributed by atoms with E-state index in [1.54, 1.807) is 0 Å². The lowest BCUT2D eigenvalue weighted by Gasteiger charge is -2.17. The first kappa shape index (κ1) is 10.1. The highest BCUT2D eigenvalue weighted by Crippen LogP contribution is 2.21. The van der Waals surface area contributed by atoms with Gasteiger partial charge in [-0.1, -0.05) is 26.8 Å². The summed E-state index contributed by atoms with van der Waals surface area (Å²) in [6, 6.07) is 6.17. The van der Waals surface area contributed by atoms with Crippen LogP contribution in [0.2, 0.25) is 0 Å². The second-order valence-electron chi connectivity index (χ2n) is 5.00. The van der Waals surface area contributed by atoms with Crippen molar-refractivity contribution >= 4 is 11.0 Å². The lowest BCUT2D eigenvalue weighted by molar-refractivity contribution is 0.568. The molecule has 0 spiro atoms. The predicted molar refractivity (Wildman–Crippen MR) is 63.0 cm³/mol. The molecule has 2 heteroatoms. The fourth-order valence-corrected chi connectivity index (χ4v) is 1.48. The summed E-state index contributed by atoms with van der Waals surface area (Å²) in [4.78, 5) is 9.07. The summed E-state index contributed by atoms with van der Waals surface area (Å²) in [6.45, 7) is 8.52. The number of aromatic nitrogens is 2. The second-order valence-corrected chi connectivity index (χ2v) is 5.00. The van der Waals surface area contributed by atoms with Crippen LogP contribution in [0.5, 0.6) is 0 Å². The van der Waals surface area contributed by atoms with Crippen LogP contribution in [0.25, 0.3) is 11.0 Å². The van der Waals surface area contributed by atoms with Gasteiger partial charge in [-0.2, -0.15) is 0 Å². The predicted octanol–water partition coefficient (Wildman–Crippen LogP) is 3.24. The third-order valence-corrected chi connectivity index (χ3v) is 2.47. The molecule has 1 heterocycles. The average molecular weight is 200 g/mol. The van der Waals surface area contributed by atoms with Crippen LogP contribution in [0.3, 0.4) is 0 Å². The molecule has 2 nitrogen and oxygen atoms in total. The van der Waals surface area contributed by atoms with Gasteiger partial charge in [0, 0.05) is 11.6 Å². The summed E-state index contributed by atoms with van der Waals surface area (Å²) in [5.74, 6) is 0. The van der Waals surface area contributed by atoms with Gasteiger partial charge in [-0.05, 0) is 24.6 Å². The van der Waals surface area contributed by atoms with Gasteiger partial charge in [0.1, 0.15) is 0 Å². The first-order valence-corrected chi connectivity index (χ1v) is 5.21. The van der Waals surface area contributed by atoms with Gasteiger partial charge >= 0.3 is 0 Å². The van der Waals surface area contributed by atoms with Crippen LogP contribution in [0.1, 0.15) is 32.0 Å². The molecule has 0 atom stereocenters. The van der Waals surface area contributed by atoms with Crippen LogP contribution in [0.4, 0.5) is 0 Å². The van der Waals surface area contributed by atoms with E-state index in [0.717, 1.165) is 16.7 Å². The molecule has 15 heavy (non-hydrogen) atoms. The van der Waals surface area contributed by atoms with E-state index < -0.39 is 0 Å². The van der Waals surface area contributed by atoms with Gasteiger partial charge in [0.2, 0.25) is 0 Å². The van der Waals surface area contributed by atoms with Gasteiger partial charge in [0.25, 0.3) is 0 Å². The monoisotopic (exact) mass is 200 g/mol. The van der Waals surface area contributed by atoms with Crippen molar-refractivity contribution in [3.05, 3.63) is 35.7 Å². The summed E-state index contributed by atoms with van der Waals surface area (Å²) in [5, 5.41) is 0. The highest BCUT2D eigenvalue weighted by Gasteiger charge is 2.16. The molecule has 78 valence electrons. The molecule has 0 fully saturated rings. The van der Waals surface area contributed by atoms with Crippen molar-refractivity contribution in [3.8, 4) is 0 Å². The number of aryl methyl sites for hydroxylation is 1. The Morgan fingerprint density at radius 3 is 2.47 bits per heavy atom. The van der Waals surface area contributed by atoms with Crippen molar-refractivity contribution in [1.29, 1.82) is 0 Å². The zero-order chi connectivity index (χ0) is 11.1. The smallest absolute Gasteiger partial charge is 0.0890 e. The first-order chi connectivity index (χ1) is 6.97. The normalized spacial score (nSPS) is 12.0. The Balaban J connectivity index is 2.62. The molecule has 0 aliphatic carbocycles. The Morgan fingerprint density at radius 1 is 1.07 bits per heavy atom. The molecule has 0 N–H and O–H groups in total. The maximum Gasteiger partial charge on any atom is 0.0890 e. The molecule has 0 amide bonds. The van der Waals surface area contributed by atoms with Crippen LogP contribution in [-0.2, 0) is 5.41 Å². The maximum atomic E-state index is 4.63. The summed E-state index contributed by atoms with van der Waals surface area (Å²) in [6.07, 6.45) is 1.88. The summed E-state index contributed by atoms with van der Waals surface area (Å²) in [7, 11) is 0. The number of benzene rings is 1. The van der Waals surface area contributed by atoms with Gasteiger partial charge < -0.3 is 0 Å². The zero-order valence-corrected chi connectivity index (χ0v) is 9.70. The van der Waals surface area contributed by atoms with Crippen molar-refractivity contribution in [2.24, 2.45) is 0 Å². The van der Waals surface area contributed by atoms with Crippen LogP contribution >= 0.6 is 0 Å². The molecular formula is C13H16N2. The van der Waals surface area contributed by atoms with E-state index in [4.69, 9.17) is 0 Å². The van der Waals surface area contributed by atoms with Crippen molar-refractivity contribution in [2.75, 3.05) is 0 Å². The van der Waals surface area contributed by atoms with E-state index in [1.165, 1.54) is 5.56 Å². The maximum absolute atomic E-state index is 4.63. The highest BCUT2D eigenvalue weighted by molar-refractivity contribution is 5.74. The Morgan fingerprint density at radius 2 is 1.80 bits per heavy atom. The number of fused-ring (bicyclic) bond motifs is 1. The molecule has 0 aliphatic heterocycles. The second kappa shape index (κ2) is 3.30. The molecule has 0 unspecified atom stereocenters. The molecule has 0 saturated carbocycles. The van der Waals surface area contributed by atoms with Gasteiger partial charge in [-0.25, -0.2) is 4.98 Å². The third-order valence-electron chi connectivity index (χ3n) is 2.47. The molecule has 0 radical (unpaired) electrons. The molecule has 1 aromatic heterocycles. The van der Waals surface area contributed by atoms with E-state index in [-0.39, 0.29) is 5.41 Å². The number of hydrogen-bond acceptors (Lipinski definition) is 2. The number of hydrogen-bond donors (Lipinski definition) is 0. The number of nitrogens with zero attached hydrogens (tertiary/aromatic N) is 2. The lowest BCUT2D eigenvalue weighted by Crippen LogP contribution is -2.13. The molecule has 0 aliphatic rings. The largest absolute Gasteiger partial charge is 0.253 e. The van der Waals surface area contributed by atoms with Crippen LogP contribution in [-0.4, -0.2) is 9.97 Å². The van der Waals surface area contributed by atoms with Crippen LogP contribution in [0.15, 0.2) is 24.4 Å². The van der Waals surface area contributed by atoms with Gasteiger partial charge in [-0.3, -0.25) is 4.98 Å². The van der Waals surface area contributed by atoms with E-state index in [2.05, 4.69) is 49.8 Å². The minimum Gasteiger partial charge on any atom is -0.253 e. The number of rotatable bonds is 0. The Kier molecular flexibility index (Phi) is 2.22. The van der Waals surface area contributed by atoms with Crippen LogP contribution < -0.4 is 0 Å². The molecular weight excluding hydrogens is 184 g/mol. The van der Waals surface area contributed by atoms with Gasteiger partial charge in [0.15, 0.2) is 0 Å². The quantitative estimate of drug-likeness (QED) is 0.652. The fraction of sp³-hybridized carbons (Fsp3) is 0.385. The lowest BCUT2D eigenvalue weighted by atomic mass is 9.92. The molecule has 0 saturated heterocycles. The van der Waals surface area contributed by atoms with Gasteiger partial charge in [0.05, 0.1) is 16.7 Å². The minimum atomic E-state index is 0.0616. The summed E-state index contributed by atoms with van der Waals surface area (Å²) < 4.78 is 0. The Bertz CT molecular complexity index is 495. The van der Waals surface area contributed by atoms with E-state index in [1.807, 2.05) is 12.3 Å². The highest BCUT2D eigenvalue weighted by atomic mass is 14.8.